The lowest BCUT2D eigenvalue weighted by Crippen LogP contribution is -2.27. The topological polar surface area (TPSA) is 104 Å². The van der Waals surface area contributed by atoms with Crippen molar-refractivity contribution in [3.8, 4) is 0 Å². The fourth-order valence-corrected chi connectivity index (χ4v) is 7.21. The minimum Gasteiger partial charge on any atom is -0.326 e. The molecule has 1 N–H and O–H groups in total. The molecule has 0 saturated carbocycles. The Balaban J connectivity index is 1.30. The lowest BCUT2D eigenvalue weighted by molar-refractivity contribution is -0.116. The number of nitrogens with one attached hydrogen (secondary N) is 1. The highest BCUT2D eigenvalue weighted by molar-refractivity contribution is 7.89. The molecule has 2 fully saturated rings. The first-order chi connectivity index (χ1) is 15.8. The van der Waals surface area contributed by atoms with E-state index in [2.05, 4.69) is 5.32 Å². The van der Waals surface area contributed by atoms with Crippen molar-refractivity contribution >= 4 is 31.6 Å². The van der Waals surface area contributed by atoms with Crippen molar-refractivity contribution in [2.45, 2.75) is 48.3 Å². The van der Waals surface area contributed by atoms with Crippen molar-refractivity contribution in [2.24, 2.45) is 0 Å². The molecular formula is C23H29N3O5S2. The van der Waals surface area contributed by atoms with Crippen LogP contribution in [0.1, 0.15) is 37.7 Å². The first kappa shape index (κ1) is 23.9. The van der Waals surface area contributed by atoms with E-state index in [1.165, 1.54) is 20.7 Å². The number of anilines is 1. The van der Waals surface area contributed by atoms with Gasteiger partial charge in [-0.2, -0.15) is 8.61 Å². The van der Waals surface area contributed by atoms with Crippen molar-refractivity contribution in [3.05, 3.63) is 54.1 Å². The molecule has 0 bridgehead atoms. The number of nitrogens with zero attached hydrogens (tertiary/aromatic N) is 2. The number of hydrogen-bond acceptors (Lipinski definition) is 5. The molecule has 178 valence electrons. The summed E-state index contributed by atoms with van der Waals surface area (Å²) >= 11 is 0. The summed E-state index contributed by atoms with van der Waals surface area (Å²) in [6, 6.07) is 12.9. The molecular weight excluding hydrogens is 462 g/mol. The summed E-state index contributed by atoms with van der Waals surface area (Å²) in [6.07, 6.45) is 4.24. The summed E-state index contributed by atoms with van der Waals surface area (Å²) in [5.41, 5.74) is 1.41. The molecule has 2 aromatic carbocycles. The van der Waals surface area contributed by atoms with E-state index in [1.807, 2.05) is 0 Å². The normalized spacial score (nSPS) is 17.9. The van der Waals surface area contributed by atoms with Crippen molar-refractivity contribution in [3.63, 3.8) is 0 Å². The van der Waals surface area contributed by atoms with Crippen LogP contribution in [0, 0.1) is 0 Å². The molecule has 2 aliphatic heterocycles. The molecule has 0 spiro atoms. The van der Waals surface area contributed by atoms with E-state index >= 15 is 0 Å². The SMILES string of the molecule is O=C(CCc1ccc(S(=O)(=O)N2CCCC2)cc1)Nc1ccc(S(=O)(=O)N2CCCC2)cc1. The van der Waals surface area contributed by atoms with E-state index in [0.29, 0.717) is 38.3 Å². The zero-order valence-electron chi connectivity index (χ0n) is 18.4. The second-order valence-electron chi connectivity index (χ2n) is 8.44. The van der Waals surface area contributed by atoms with Gasteiger partial charge in [0.15, 0.2) is 0 Å². The van der Waals surface area contributed by atoms with Crippen molar-refractivity contribution < 1.29 is 21.6 Å². The molecule has 0 atom stereocenters. The molecule has 10 heteroatoms. The van der Waals surface area contributed by atoms with E-state index in [1.54, 1.807) is 36.4 Å². The number of carbonyl (C=O) groups is 1. The largest absolute Gasteiger partial charge is 0.326 e. The van der Waals surface area contributed by atoms with Gasteiger partial charge in [-0.15, -0.1) is 0 Å². The molecule has 0 unspecified atom stereocenters. The monoisotopic (exact) mass is 491 g/mol. The second-order valence-corrected chi connectivity index (χ2v) is 12.3. The Morgan fingerprint density at radius 3 is 1.58 bits per heavy atom. The Kier molecular flexibility index (Phi) is 7.18. The summed E-state index contributed by atoms with van der Waals surface area (Å²) in [4.78, 5) is 12.8. The molecule has 0 aromatic heterocycles. The van der Waals surface area contributed by atoms with E-state index in [4.69, 9.17) is 0 Å². The third-order valence-corrected chi connectivity index (χ3v) is 9.93. The molecule has 4 rings (SSSR count). The van der Waals surface area contributed by atoms with Crippen LogP contribution in [0.15, 0.2) is 58.3 Å². The Morgan fingerprint density at radius 2 is 1.12 bits per heavy atom. The maximum atomic E-state index is 12.6. The maximum absolute atomic E-state index is 12.6. The fraction of sp³-hybridized carbons (Fsp3) is 0.435. The van der Waals surface area contributed by atoms with Gasteiger partial charge in [0.05, 0.1) is 9.79 Å². The number of rotatable bonds is 8. The van der Waals surface area contributed by atoms with Crippen LogP contribution in [0.2, 0.25) is 0 Å². The Labute approximate surface area is 195 Å². The standard InChI is InChI=1S/C23H29N3O5S2/c27-23(24-20-8-12-22(13-9-20)33(30,31)26-17-3-4-18-26)14-7-19-5-10-21(11-6-19)32(28,29)25-15-1-2-16-25/h5-6,8-13H,1-4,7,14-18H2,(H,24,27). The Hall–Kier alpha value is -2.27. The summed E-state index contributed by atoms with van der Waals surface area (Å²) in [5.74, 6) is -0.195. The van der Waals surface area contributed by atoms with Crippen molar-refractivity contribution in [1.82, 2.24) is 8.61 Å². The van der Waals surface area contributed by atoms with Gasteiger partial charge >= 0.3 is 0 Å². The predicted molar refractivity (Wildman–Crippen MR) is 126 cm³/mol. The first-order valence-corrected chi connectivity index (χ1v) is 14.1. The van der Waals surface area contributed by atoms with E-state index in [9.17, 15) is 21.6 Å². The smallest absolute Gasteiger partial charge is 0.243 e. The Bertz CT molecular complexity index is 1180. The van der Waals surface area contributed by atoms with Gasteiger partial charge in [0.1, 0.15) is 0 Å². The zero-order chi connectivity index (χ0) is 23.5. The third-order valence-electron chi connectivity index (χ3n) is 6.11. The van der Waals surface area contributed by atoms with Gasteiger partial charge in [-0.05, 0) is 74.1 Å². The number of carbonyl (C=O) groups excluding carboxylic acids is 1. The van der Waals surface area contributed by atoms with Gasteiger partial charge < -0.3 is 5.32 Å². The molecule has 2 heterocycles. The van der Waals surface area contributed by atoms with Gasteiger partial charge in [0.25, 0.3) is 0 Å². The first-order valence-electron chi connectivity index (χ1n) is 11.3. The zero-order valence-corrected chi connectivity index (χ0v) is 20.1. The minimum absolute atomic E-state index is 0.195. The Morgan fingerprint density at radius 1 is 0.697 bits per heavy atom. The molecule has 0 radical (unpaired) electrons. The number of aryl methyl sites for hydroxylation is 1. The number of amides is 1. The molecule has 0 aliphatic carbocycles. The highest BCUT2D eigenvalue weighted by Gasteiger charge is 2.28. The van der Waals surface area contributed by atoms with E-state index in [0.717, 1.165) is 31.2 Å². The predicted octanol–water partition coefficient (Wildman–Crippen LogP) is 2.83. The average Bonchev–Trinajstić information content (AvgIpc) is 3.53. The summed E-state index contributed by atoms with van der Waals surface area (Å²) in [6.45, 7) is 2.23. The second kappa shape index (κ2) is 9.92. The summed E-state index contributed by atoms with van der Waals surface area (Å²) < 4.78 is 53.4. The van der Waals surface area contributed by atoms with Gasteiger partial charge in [-0.25, -0.2) is 16.8 Å². The van der Waals surface area contributed by atoms with Gasteiger partial charge in [-0.3, -0.25) is 4.79 Å². The van der Waals surface area contributed by atoms with Gasteiger partial charge in [0, 0.05) is 38.3 Å². The van der Waals surface area contributed by atoms with Crippen LogP contribution < -0.4 is 5.32 Å². The van der Waals surface area contributed by atoms with Gasteiger partial charge in [-0.1, -0.05) is 12.1 Å². The lowest BCUT2D eigenvalue weighted by atomic mass is 10.1. The quantitative estimate of drug-likeness (QED) is 0.612. The fourth-order valence-electron chi connectivity index (χ4n) is 4.17. The van der Waals surface area contributed by atoms with Crippen LogP contribution in [0.3, 0.4) is 0 Å². The van der Waals surface area contributed by atoms with Crippen LogP contribution in [-0.2, 0) is 31.3 Å². The molecule has 2 aliphatic rings. The van der Waals surface area contributed by atoms with Gasteiger partial charge in [0.2, 0.25) is 26.0 Å². The van der Waals surface area contributed by atoms with E-state index < -0.39 is 20.0 Å². The van der Waals surface area contributed by atoms with E-state index in [-0.39, 0.29) is 22.1 Å². The molecule has 2 aromatic rings. The molecule has 2 saturated heterocycles. The third kappa shape index (κ3) is 5.46. The lowest BCUT2D eigenvalue weighted by Gasteiger charge is -2.16. The highest BCUT2D eigenvalue weighted by atomic mass is 32.2. The van der Waals surface area contributed by atoms with Crippen LogP contribution in [-0.4, -0.2) is 57.5 Å². The molecule has 8 nitrogen and oxygen atoms in total. The van der Waals surface area contributed by atoms with Crippen LogP contribution in [0.4, 0.5) is 5.69 Å². The number of sulfonamides is 2. The van der Waals surface area contributed by atoms with Crippen molar-refractivity contribution in [2.75, 3.05) is 31.5 Å². The van der Waals surface area contributed by atoms with Crippen LogP contribution >= 0.6 is 0 Å². The highest BCUT2D eigenvalue weighted by Crippen LogP contribution is 2.23. The maximum Gasteiger partial charge on any atom is 0.243 e. The number of hydrogen-bond donors (Lipinski definition) is 1. The summed E-state index contributed by atoms with van der Waals surface area (Å²) in [5, 5.41) is 2.78. The van der Waals surface area contributed by atoms with Crippen LogP contribution in [0.5, 0.6) is 0 Å². The summed E-state index contributed by atoms with van der Waals surface area (Å²) in [7, 11) is -6.91. The number of benzene rings is 2. The molecule has 1 amide bonds. The minimum atomic E-state index is -3.48. The average molecular weight is 492 g/mol. The molecule has 33 heavy (non-hydrogen) atoms. The van der Waals surface area contributed by atoms with Crippen LogP contribution in [0.25, 0.3) is 0 Å². The van der Waals surface area contributed by atoms with Crippen molar-refractivity contribution in [1.29, 1.82) is 0 Å².